The molecule has 108 valence electrons. The summed E-state index contributed by atoms with van der Waals surface area (Å²) in [5, 5.41) is 22.7. The molecule has 1 amide bonds. The number of carbonyl (C=O) groups excluding carboxylic acids is 1. The minimum atomic E-state index is -0.575. The van der Waals surface area contributed by atoms with Gasteiger partial charge in [0.05, 0.1) is 4.92 Å². The van der Waals surface area contributed by atoms with Crippen LogP contribution in [0, 0.1) is 10.1 Å². The molecule has 0 unspecified atom stereocenters. The number of aromatic hydroxyl groups is 1. The third-order valence-corrected chi connectivity index (χ3v) is 2.98. The number of phenols is 1. The van der Waals surface area contributed by atoms with E-state index in [1.807, 2.05) is 0 Å². The molecule has 0 radical (unpaired) electrons. The van der Waals surface area contributed by atoms with Crippen molar-refractivity contribution in [3.05, 3.63) is 69.8 Å². The Kier molecular flexibility index (Phi) is 4.50. The van der Waals surface area contributed by atoms with Gasteiger partial charge in [0.25, 0.3) is 11.6 Å². The Morgan fingerprint density at radius 1 is 1.14 bits per heavy atom. The minimum Gasteiger partial charge on any atom is -0.508 e. The molecule has 0 aromatic heterocycles. The minimum absolute atomic E-state index is 0.0493. The Labute approximate surface area is 121 Å². The first kappa shape index (κ1) is 14.5. The molecule has 0 aliphatic carbocycles. The molecule has 0 atom stereocenters. The second-order valence-electron chi connectivity index (χ2n) is 4.45. The van der Waals surface area contributed by atoms with Crippen molar-refractivity contribution in [1.29, 1.82) is 0 Å². The van der Waals surface area contributed by atoms with Gasteiger partial charge < -0.3 is 10.4 Å². The van der Waals surface area contributed by atoms with E-state index in [0.717, 1.165) is 5.56 Å². The summed E-state index contributed by atoms with van der Waals surface area (Å²) in [6.45, 7) is 0.357. The van der Waals surface area contributed by atoms with Crippen LogP contribution in [0.25, 0.3) is 0 Å². The second-order valence-corrected chi connectivity index (χ2v) is 4.45. The van der Waals surface area contributed by atoms with E-state index in [1.165, 1.54) is 18.2 Å². The number of nitrogens with zero attached hydrogens (tertiary/aromatic N) is 1. The second kappa shape index (κ2) is 6.51. The van der Waals surface area contributed by atoms with Crippen LogP contribution < -0.4 is 5.32 Å². The van der Waals surface area contributed by atoms with Crippen molar-refractivity contribution in [1.82, 2.24) is 5.32 Å². The lowest BCUT2D eigenvalue weighted by Gasteiger charge is -2.06. The largest absolute Gasteiger partial charge is 0.508 e. The first-order valence-corrected chi connectivity index (χ1v) is 6.37. The SMILES string of the molecule is O=C(NCCc1ccc(O)cc1)c1ccccc1[N+](=O)[O-]. The van der Waals surface area contributed by atoms with Gasteiger partial charge in [0.1, 0.15) is 11.3 Å². The fourth-order valence-corrected chi connectivity index (χ4v) is 1.90. The lowest BCUT2D eigenvalue weighted by molar-refractivity contribution is -0.385. The van der Waals surface area contributed by atoms with Crippen LogP contribution in [0.1, 0.15) is 15.9 Å². The molecule has 2 rings (SSSR count). The molecule has 0 bridgehead atoms. The van der Waals surface area contributed by atoms with E-state index in [0.29, 0.717) is 13.0 Å². The van der Waals surface area contributed by atoms with Crippen LogP contribution in [-0.4, -0.2) is 22.5 Å². The van der Waals surface area contributed by atoms with E-state index in [1.54, 1.807) is 30.3 Å². The Morgan fingerprint density at radius 3 is 2.48 bits per heavy atom. The summed E-state index contributed by atoms with van der Waals surface area (Å²) in [6, 6.07) is 12.5. The summed E-state index contributed by atoms with van der Waals surface area (Å²) in [4.78, 5) is 22.2. The Morgan fingerprint density at radius 2 is 1.81 bits per heavy atom. The number of hydrogen-bond donors (Lipinski definition) is 2. The van der Waals surface area contributed by atoms with E-state index in [2.05, 4.69) is 5.32 Å². The maximum Gasteiger partial charge on any atom is 0.282 e. The van der Waals surface area contributed by atoms with Crippen LogP contribution in [0.2, 0.25) is 0 Å². The molecule has 0 spiro atoms. The summed E-state index contributed by atoms with van der Waals surface area (Å²) in [5.74, 6) is -0.288. The van der Waals surface area contributed by atoms with Crippen molar-refractivity contribution in [2.24, 2.45) is 0 Å². The zero-order chi connectivity index (χ0) is 15.2. The quantitative estimate of drug-likeness (QED) is 0.651. The van der Waals surface area contributed by atoms with Gasteiger partial charge in [-0.1, -0.05) is 24.3 Å². The molecule has 0 aliphatic rings. The molecule has 0 heterocycles. The Hall–Kier alpha value is -2.89. The lowest BCUT2D eigenvalue weighted by Crippen LogP contribution is -2.26. The third-order valence-electron chi connectivity index (χ3n) is 2.98. The number of nitrogens with one attached hydrogen (secondary N) is 1. The molecular weight excluding hydrogens is 272 g/mol. The molecule has 21 heavy (non-hydrogen) atoms. The molecule has 2 N–H and O–H groups in total. The highest BCUT2D eigenvalue weighted by Crippen LogP contribution is 2.17. The van der Waals surface area contributed by atoms with E-state index in [4.69, 9.17) is 5.11 Å². The summed E-state index contributed by atoms with van der Waals surface area (Å²) < 4.78 is 0. The Balaban J connectivity index is 1.96. The normalized spacial score (nSPS) is 10.1. The molecule has 0 saturated carbocycles. The number of carbonyl (C=O) groups is 1. The van der Waals surface area contributed by atoms with Crippen LogP contribution in [0.15, 0.2) is 48.5 Å². The summed E-state index contributed by atoms with van der Waals surface area (Å²) in [7, 11) is 0. The van der Waals surface area contributed by atoms with Crippen molar-refractivity contribution in [2.45, 2.75) is 6.42 Å². The number of para-hydroxylation sites is 1. The van der Waals surface area contributed by atoms with Crippen molar-refractivity contribution in [3.8, 4) is 5.75 Å². The number of hydrogen-bond acceptors (Lipinski definition) is 4. The summed E-state index contributed by atoms with van der Waals surface area (Å²) in [6.07, 6.45) is 0.576. The van der Waals surface area contributed by atoms with Crippen LogP contribution in [0.3, 0.4) is 0 Å². The van der Waals surface area contributed by atoms with Crippen molar-refractivity contribution in [3.63, 3.8) is 0 Å². The average molecular weight is 286 g/mol. The molecule has 6 heteroatoms. The van der Waals surface area contributed by atoms with Gasteiger partial charge in [-0.15, -0.1) is 0 Å². The molecule has 0 fully saturated rings. The van der Waals surface area contributed by atoms with Gasteiger partial charge in [-0.3, -0.25) is 14.9 Å². The molecular formula is C15H14N2O4. The number of nitro benzene ring substituents is 1. The summed E-state index contributed by atoms with van der Waals surface area (Å²) in [5.41, 5.74) is 0.795. The predicted molar refractivity (Wildman–Crippen MR) is 77.2 cm³/mol. The molecule has 0 saturated heterocycles. The number of nitro groups is 1. The number of rotatable bonds is 5. The monoisotopic (exact) mass is 286 g/mol. The van der Waals surface area contributed by atoms with Crippen LogP contribution in [0.5, 0.6) is 5.75 Å². The van der Waals surface area contributed by atoms with E-state index in [-0.39, 0.29) is 17.0 Å². The number of benzene rings is 2. The van der Waals surface area contributed by atoms with Crippen LogP contribution >= 0.6 is 0 Å². The topological polar surface area (TPSA) is 92.5 Å². The highest BCUT2D eigenvalue weighted by molar-refractivity contribution is 5.98. The van der Waals surface area contributed by atoms with E-state index in [9.17, 15) is 14.9 Å². The molecule has 2 aromatic carbocycles. The van der Waals surface area contributed by atoms with Crippen LogP contribution in [0.4, 0.5) is 5.69 Å². The standard InChI is InChI=1S/C15H14N2O4/c18-12-7-5-11(6-8-12)9-10-16-15(19)13-3-1-2-4-14(13)17(20)21/h1-8,18H,9-10H2,(H,16,19). The van der Waals surface area contributed by atoms with Gasteiger partial charge in [0.2, 0.25) is 0 Å². The fraction of sp³-hybridized carbons (Fsp3) is 0.133. The lowest BCUT2D eigenvalue weighted by atomic mass is 10.1. The first-order chi connectivity index (χ1) is 10.1. The first-order valence-electron chi connectivity index (χ1n) is 6.37. The zero-order valence-electron chi connectivity index (χ0n) is 11.2. The molecule has 0 aliphatic heterocycles. The van der Waals surface area contributed by atoms with E-state index < -0.39 is 10.8 Å². The third kappa shape index (κ3) is 3.79. The Bertz CT molecular complexity index is 653. The zero-order valence-corrected chi connectivity index (χ0v) is 11.2. The van der Waals surface area contributed by atoms with Gasteiger partial charge in [0.15, 0.2) is 0 Å². The average Bonchev–Trinajstić information content (AvgIpc) is 2.49. The van der Waals surface area contributed by atoms with Gasteiger partial charge in [-0.2, -0.15) is 0 Å². The highest BCUT2D eigenvalue weighted by Gasteiger charge is 2.18. The molecule has 2 aromatic rings. The van der Waals surface area contributed by atoms with Crippen LogP contribution in [-0.2, 0) is 6.42 Å². The number of phenolic OH excluding ortho intramolecular Hbond substituents is 1. The smallest absolute Gasteiger partial charge is 0.282 e. The summed E-state index contributed by atoms with van der Waals surface area (Å²) >= 11 is 0. The van der Waals surface area contributed by atoms with Gasteiger partial charge >= 0.3 is 0 Å². The number of amides is 1. The van der Waals surface area contributed by atoms with E-state index >= 15 is 0 Å². The van der Waals surface area contributed by atoms with Crippen molar-refractivity contribution in [2.75, 3.05) is 6.54 Å². The van der Waals surface area contributed by atoms with Gasteiger partial charge in [-0.25, -0.2) is 0 Å². The van der Waals surface area contributed by atoms with Gasteiger partial charge in [0, 0.05) is 12.6 Å². The van der Waals surface area contributed by atoms with Crippen molar-refractivity contribution >= 4 is 11.6 Å². The maximum absolute atomic E-state index is 12.0. The van der Waals surface area contributed by atoms with Gasteiger partial charge in [-0.05, 0) is 30.2 Å². The maximum atomic E-state index is 12.0. The molecule has 6 nitrogen and oxygen atoms in total. The predicted octanol–water partition coefficient (Wildman–Crippen LogP) is 2.27. The van der Waals surface area contributed by atoms with Crippen molar-refractivity contribution < 1.29 is 14.8 Å². The highest BCUT2D eigenvalue weighted by atomic mass is 16.6. The fourth-order valence-electron chi connectivity index (χ4n) is 1.90.